The maximum absolute atomic E-state index is 11.4. The van der Waals surface area contributed by atoms with Crippen LogP contribution < -0.4 is 10.1 Å². The van der Waals surface area contributed by atoms with Crippen LogP contribution in [0.4, 0.5) is 0 Å². The summed E-state index contributed by atoms with van der Waals surface area (Å²) in [5.74, 6) is 1.04. The van der Waals surface area contributed by atoms with Gasteiger partial charge in [-0.05, 0) is 42.4 Å². The molecule has 0 saturated heterocycles. The number of nitrogens with zero attached hydrogens (tertiary/aromatic N) is 1. The monoisotopic (exact) mass is 306 g/mol. The maximum Gasteiger partial charge on any atom is 0.219 e. The van der Waals surface area contributed by atoms with E-state index >= 15 is 0 Å². The number of benzene rings is 1. The maximum atomic E-state index is 11.4. The Morgan fingerprint density at radius 2 is 1.90 bits per heavy atom. The molecule has 0 atom stereocenters. The quantitative estimate of drug-likeness (QED) is 0.887. The molecule has 2 aromatic rings. The highest BCUT2D eigenvalue weighted by molar-refractivity contribution is 7.90. The molecule has 0 aliphatic heterocycles. The second-order valence-corrected chi connectivity index (χ2v) is 6.64. The zero-order valence-corrected chi connectivity index (χ0v) is 12.9. The molecule has 1 heterocycles. The summed E-state index contributed by atoms with van der Waals surface area (Å²) in [6, 6.07) is 10.1. The topological polar surface area (TPSA) is 68.3 Å². The molecular formula is C15H18N2O3S. The second kappa shape index (κ2) is 6.69. The van der Waals surface area contributed by atoms with Gasteiger partial charge in [-0.15, -0.1) is 0 Å². The molecule has 0 saturated carbocycles. The second-order valence-electron chi connectivity index (χ2n) is 4.63. The molecular weight excluding hydrogens is 288 g/mol. The lowest BCUT2D eigenvalue weighted by atomic mass is 10.2. The van der Waals surface area contributed by atoms with Gasteiger partial charge in [0.1, 0.15) is 5.75 Å². The molecule has 1 N–H and O–H groups in total. The highest BCUT2D eigenvalue weighted by Crippen LogP contribution is 2.21. The van der Waals surface area contributed by atoms with E-state index in [4.69, 9.17) is 4.74 Å². The molecule has 21 heavy (non-hydrogen) atoms. The summed E-state index contributed by atoms with van der Waals surface area (Å²) in [4.78, 5) is 4.41. The van der Waals surface area contributed by atoms with E-state index in [0.717, 1.165) is 18.7 Å². The number of hydrogen-bond acceptors (Lipinski definition) is 5. The predicted molar refractivity (Wildman–Crippen MR) is 81.2 cm³/mol. The Balaban J connectivity index is 2.11. The molecule has 0 spiro atoms. The van der Waals surface area contributed by atoms with Gasteiger partial charge in [-0.2, -0.15) is 0 Å². The Morgan fingerprint density at radius 1 is 1.19 bits per heavy atom. The molecule has 0 amide bonds. The molecule has 1 aromatic carbocycles. The van der Waals surface area contributed by atoms with E-state index in [1.807, 2.05) is 19.1 Å². The minimum atomic E-state index is -3.19. The van der Waals surface area contributed by atoms with Crippen LogP contribution >= 0.6 is 0 Å². The fraction of sp³-hybridized carbons (Fsp3) is 0.267. The first kappa shape index (κ1) is 15.5. The van der Waals surface area contributed by atoms with Crippen LogP contribution in [0.25, 0.3) is 0 Å². The summed E-state index contributed by atoms with van der Waals surface area (Å²) in [5, 5.41) is 3.23. The van der Waals surface area contributed by atoms with Gasteiger partial charge in [-0.1, -0.05) is 6.92 Å². The zero-order chi connectivity index (χ0) is 15.3. The van der Waals surface area contributed by atoms with E-state index in [2.05, 4.69) is 10.3 Å². The Labute approximate surface area is 124 Å². The first-order chi connectivity index (χ1) is 9.99. The minimum Gasteiger partial charge on any atom is -0.439 e. The summed E-state index contributed by atoms with van der Waals surface area (Å²) in [7, 11) is -3.19. The van der Waals surface area contributed by atoms with E-state index in [1.165, 1.54) is 18.4 Å². The summed E-state index contributed by atoms with van der Waals surface area (Å²) in [6.07, 6.45) is 2.86. The largest absolute Gasteiger partial charge is 0.439 e. The minimum absolute atomic E-state index is 0.267. The third-order valence-corrected chi connectivity index (χ3v) is 3.98. The van der Waals surface area contributed by atoms with E-state index < -0.39 is 9.84 Å². The standard InChI is InChI=1S/C15H18N2O3S/c1-3-16-11-12-8-9-17-15(10-12)20-13-4-6-14(7-5-13)21(2,18)19/h4-10,16H,3,11H2,1-2H3. The summed E-state index contributed by atoms with van der Waals surface area (Å²) in [6.45, 7) is 3.69. The van der Waals surface area contributed by atoms with Gasteiger partial charge in [0.25, 0.3) is 0 Å². The number of ether oxygens (including phenoxy) is 1. The van der Waals surface area contributed by atoms with Crippen LogP contribution in [0.5, 0.6) is 11.6 Å². The molecule has 0 bridgehead atoms. The molecule has 0 aliphatic carbocycles. The molecule has 1 aromatic heterocycles. The molecule has 0 unspecified atom stereocenters. The lowest BCUT2D eigenvalue weighted by molar-refractivity contribution is 0.461. The van der Waals surface area contributed by atoms with E-state index in [1.54, 1.807) is 18.3 Å². The van der Waals surface area contributed by atoms with Gasteiger partial charge in [0.05, 0.1) is 4.90 Å². The SMILES string of the molecule is CCNCc1ccnc(Oc2ccc(S(C)(=O)=O)cc2)c1. The van der Waals surface area contributed by atoms with Crippen molar-refractivity contribution in [3.63, 3.8) is 0 Å². The Kier molecular flexibility index (Phi) is 4.93. The summed E-state index contributed by atoms with van der Waals surface area (Å²) in [5.41, 5.74) is 1.08. The van der Waals surface area contributed by atoms with Crippen LogP contribution in [0.15, 0.2) is 47.5 Å². The average Bonchev–Trinajstić information content (AvgIpc) is 2.45. The highest BCUT2D eigenvalue weighted by atomic mass is 32.2. The molecule has 0 radical (unpaired) electrons. The molecule has 6 heteroatoms. The van der Waals surface area contributed by atoms with Gasteiger partial charge < -0.3 is 10.1 Å². The number of rotatable bonds is 6. The third-order valence-electron chi connectivity index (χ3n) is 2.85. The van der Waals surface area contributed by atoms with Crippen LogP contribution in [0.3, 0.4) is 0 Å². The van der Waals surface area contributed by atoms with Crippen molar-refractivity contribution in [1.82, 2.24) is 10.3 Å². The van der Waals surface area contributed by atoms with Crippen molar-refractivity contribution in [3.05, 3.63) is 48.2 Å². The lowest BCUT2D eigenvalue weighted by Gasteiger charge is -2.07. The number of sulfone groups is 1. The molecule has 112 valence electrons. The fourth-order valence-electron chi connectivity index (χ4n) is 1.76. The first-order valence-electron chi connectivity index (χ1n) is 6.62. The first-order valence-corrected chi connectivity index (χ1v) is 8.52. The molecule has 5 nitrogen and oxygen atoms in total. The summed E-state index contributed by atoms with van der Waals surface area (Å²) < 4.78 is 28.4. The van der Waals surface area contributed by atoms with Crippen molar-refractivity contribution in [3.8, 4) is 11.6 Å². The van der Waals surface area contributed by atoms with Crippen molar-refractivity contribution < 1.29 is 13.2 Å². The van der Waals surface area contributed by atoms with Crippen molar-refractivity contribution in [2.45, 2.75) is 18.4 Å². The number of nitrogens with one attached hydrogen (secondary N) is 1. The molecule has 2 rings (SSSR count). The van der Waals surface area contributed by atoms with Gasteiger partial charge >= 0.3 is 0 Å². The van der Waals surface area contributed by atoms with E-state index in [9.17, 15) is 8.42 Å². The average molecular weight is 306 g/mol. The molecule has 0 aliphatic rings. The van der Waals surface area contributed by atoms with Gasteiger partial charge in [0.2, 0.25) is 5.88 Å². The van der Waals surface area contributed by atoms with Gasteiger partial charge in [-0.3, -0.25) is 0 Å². The molecule has 0 fully saturated rings. The van der Waals surface area contributed by atoms with Gasteiger partial charge in [0.15, 0.2) is 9.84 Å². The van der Waals surface area contributed by atoms with Crippen LogP contribution in [-0.2, 0) is 16.4 Å². The summed E-state index contributed by atoms with van der Waals surface area (Å²) >= 11 is 0. The Morgan fingerprint density at radius 3 is 2.52 bits per heavy atom. The number of pyridine rings is 1. The van der Waals surface area contributed by atoms with Crippen molar-refractivity contribution >= 4 is 9.84 Å². The Bertz CT molecular complexity index is 697. The number of aromatic nitrogens is 1. The van der Waals surface area contributed by atoms with Crippen molar-refractivity contribution in [2.75, 3.05) is 12.8 Å². The number of hydrogen-bond donors (Lipinski definition) is 1. The van der Waals surface area contributed by atoms with Crippen LogP contribution in [-0.4, -0.2) is 26.2 Å². The van der Waals surface area contributed by atoms with Crippen LogP contribution in [0.2, 0.25) is 0 Å². The van der Waals surface area contributed by atoms with E-state index in [0.29, 0.717) is 11.6 Å². The van der Waals surface area contributed by atoms with Crippen molar-refractivity contribution in [2.24, 2.45) is 0 Å². The predicted octanol–water partition coefficient (Wildman–Crippen LogP) is 2.39. The van der Waals surface area contributed by atoms with Crippen molar-refractivity contribution in [1.29, 1.82) is 0 Å². The van der Waals surface area contributed by atoms with Crippen LogP contribution in [0.1, 0.15) is 12.5 Å². The highest BCUT2D eigenvalue weighted by Gasteiger charge is 2.07. The lowest BCUT2D eigenvalue weighted by Crippen LogP contribution is -2.11. The normalized spacial score (nSPS) is 11.3. The van der Waals surface area contributed by atoms with Gasteiger partial charge in [-0.25, -0.2) is 13.4 Å². The Hall–Kier alpha value is -1.92. The van der Waals surface area contributed by atoms with Crippen LogP contribution in [0, 0.1) is 0 Å². The zero-order valence-electron chi connectivity index (χ0n) is 12.0. The van der Waals surface area contributed by atoms with E-state index in [-0.39, 0.29) is 4.90 Å². The van der Waals surface area contributed by atoms with Gasteiger partial charge in [0, 0.05) is 25.1 Å². The fourth-order valence-corrected chi connectivity index (χ4v) is 2.39. The smallest absolute Gasteiger partial charge is 0.219 e. The third kappa shape index (κ3) is 4.54.